The standard InChI is InChI=1S/C18H26N2O3/c1-20(18-14-6-5-13(11-14)17(18)19-21)9-8-12-4-7-15(22-2)16(10-12)23-3/h4,7,10,13-14,18,21H,5-6,8-9,11H2,1-3H3/b19-17+/t13-,14-,18-/m0/s1. The van der Waals surface area contributed by atoms with Crippen LogP contribution in [0.3, 0.4) is 0 Å². The molecule has 0 radical (unpaired) electrons. The molecule has 0 unspecified atom stereocenters. The maximum Gasteiger partial charge on any atom is 0.160 e. The maximum absolute atomic E-state index is 9.35. The normalized spacial score (nSPS) is 27.8. The molecule has 2 saturated carbocycles. The SMILES string of the molecule is COc1ccc(CCN(C)[C@@H]2/C(=N/O)[C@H]3CC[C@H]2C3)cc1OC. The molecule has 0 heterocycles. The van der Waals surface area contributed by atoms with Gasteiger partial charge < -0.3 is 14.7 Å². The van der Waals surface area contributed by atoms with Crippen LogP contribution in [0.4, 0.5) is 0 Å². The van der Waals surface area contributed by atoms with Crippen LogP contribution in [0.2, 0.25) is 0 Å². The molecule has 0 spiro atoms. The Labute approximate surface area is 137 Å². The van der Waals surface area contributed by atoms with Crippen LogP contribution in [-0.2, 0) is 6.42 Å². The van der Waals surface area contributed by atoms with Crippen LogP contribution in [-0.4, -0.2) is 49.7 Å². The van der Waals surface area contributed by atoms with Gasteiger partial charge in [0.05, 0.1) is 26.0 Å². The number of oxime groups is 1. The topological polar surface area (TPSA) is 54.3 Å². The number of hydrogen-bond donors (Lipinski definition) is 1. The molecule has 0 aliphatic heterocycles. The summed E-state index contributed by atoms with van der Waals surface area (Å²) in [5.41, 5.74) is 2.22. The lowest BCUT2D eigenvalue weighted by atomic mass is 9.92. The van der Waals surface area contributed by atoms with Gasteiger partial charge in [0.15, 0.2) is 11.5 Å². The fourth-order valence-corrected chi connectivity index (χ4v) is 4.26. The predicted molar refractivity (Wildman–Crippen MR) is 89.7 cm³/mol. The van der Waals surface area contributed by atoms with E-state index in [9.17, 15) is 5.21 Å². The third kappa shape index (κ3) is 3.02. The molecular weight excluding hydrogens is 292 g/mol. The lowest BCUT2D eigenvalue weighted by molar-refractivity contribution is 0.231. The van der Waals surface area contributed by atoms with Gasteiger partial charge in [0.25, 0.3) is 0 Å². The van der Waals surface area contributed by atoms with Gasteiger partial charge in [-0.15, -0.1) is 0 Å². The van der Waals surface area contributed by atoms with Crippen LogP contribution in [0.25, 0.3) is 0 Å². The summed E-state index contributed by atoms with van der Waals surface area (Å²) in [6.07, 6.45) is 4.56. The smallest absolute Gasteiger partial charge is 0.160 e. The molecule has 2 bridgehead atoms. The minimum Gasteiger partial charge on any atom is -0.493 e. The molecule has 1 aromatic rings. The van der Waals surface area contributed by atoms with Gasteiger partial charge in [0, 0.05) is 12.5 Å². The minimum absolute atomic E-state index is 0.305. The summed E-state index contributed by atoms with van der Waals surface area (Å²) in [6, 6.07) is 6.37. The first-order chi connectivity index (χ1) is 11.2. The summed E-state index contributed by atoms with van der Waals surface area (Å²) in [5, 5.41) is 13.0. The Hall–Kier alpha value is -1.75. The summed E-state index contributed by atoms with van der Waals surface area (Å²) in [4.78, 5) is 2.34. The monoisotopic (exact) mass is 318 g/mol. The lowest BCUT2D eigenvalue weighted by Gasteiger charge is -2.31. The van der Waals surface area contributed by atoms with Crippen molar-refractivity contribution in [1.82, 2.24) is 4.90 Å². The number of likely N-dealkylation sites (N-methyl/N-ethyl adjacent to an activating group) is 1. The van der Waals surface area contributed by atoms with Crippen LogP contribution < -0.4 is 9.47 Å². The van der Waals surface area contributed by atoms with E-state index in [2.05, 4.69) is 23.2 Å². The zero-order valence-electron chi connectivity index (χ0n) is 14.2. The molecular formula is C18H26N2O3. The highest BCUT2D eigenvalue weighted by molar-refractivity contribution is 5.94. The van der Waals surface area contributed by atoms with Crippen LogP contribution in [0.1, 0.15) is 24.8 Å². The fraction of sp³-hybridized carbons (Fsp3) is 0.611. The summed E-state index contributed by atoms with van der Waals surface area (Å²) in [7, 11) is 5.44. The Bertz CT molecular complexity index is 588. The van der Waals surface area contributed by atoms with Gasteiger partial charge in [-0.2, -0.15) is 0 Å². The summed E-state index contributed by atoms with van der Waals surface area (Å²) in [5.74, 6) is 2.68. The van der Waals surface area contributed by atoms with E-state index in [1.807, 2.05) is 12.1 Å². The first kappa shape index (κ1) is 16.1. The van der Waals surface area contributed by atoms with E-state index in [4.69, 9.17) is 9.47 Å². The number of methoxy groups -OCH3 is 2. The van der Waals surface area contributed by atoms with Gasteiger partial charge >= 0.3 is 0 Å². The molecule has 126 valence electrons. The van der Waals surface area contributed by atoms with Gasteiger partial charge in [0.1, 0.15) is 0 Å². The Morgan fingerprint density at radius 3 is 2.70 bits per heavy atom. The van der Waals surface area contributed by atoms with Gasteiger partial charge in [-0.25, -0.2) is 0 Å². The van der Waals surface area contributed by atoms with Gasteiger partial charge in [-0.3, -0.25) is 4.90 Å². The summed E-state index contributed by atoms with van der Waals surface area (Å²) < 4.78 is 10.6. The second kappa shape index (κ2) is 6.79. The molecule has 2 aliphatic carbocycles. The molecule has 0 saturated heterocycles. The third-order valence-corrected chi connectivity index (χ3v) is 5.43. The lowest BCUT2D eigenvalue weighted by Crippen LogP contribution is -2.43. The summed E-state index contributed by atoms with van der Waals surface area (Å²) in [6.45, 7) is 0.933. The molecule has 0 amide bonds. The molecule has 3 rings (SSSR count). The van der Waals surface area contributed by atoms with Crippen molar-refractivity contribution < 1.29 is 14.7 Å². The highest BCUT2D eigenvalue weighted by Gasteiger charge is 2.47. The van der Waals surface area contributed by atoms with Gasteiger partial charge in [0.2, 0.25) is 0 Å². The van der Waals surface area contributed by atoms with Crippen molar-refractivity contribution >= 4 is 5.71 Å². The van der Waals surface area contributed by atoms with E-state index in [0.29, 0.717) is 17.9 Å². The molecule has 2 fully saturated rings. The number of fused-ring (bicyclic) bond motifs is 2. The Morgan fingerprint density at radius 2 is 2.00 bits per heavy atom. The van der Waals surface area contributed by atoms with E-state index in [-0.39, 0.29) is 0 Å². The van der Waals surface area contributed by atoms with Crippen molar-refractivity contribution in [3.63, 3.8) is 0 Å². The van der Waals surface area contributed by atoms with Crippen molar-refractivity contribution in [3.05, 3.63) is 23.8 Å². The number of rotatable bonds is 6. The number of benzene rings is 1. The Kier molecular flexibility index (Phi) is 4.76. The second-order valence-corrected chi connectivity index (χ2v) is 6.66. The van der Waals surface area contributed by atoms with Crippen molar-refractivity contribution in [3.8, 4) is 11.5 Å². The van der Waals surface area contributed by atoms with Crippen LogP contribution in [0, 0.1) is 11.8 Å². The molecule has 3 atom stereocenters. The average Bonchev–Trinajstić information content (AvgIpc) is 3.20. The van der Waals surface area contributed by atoms with E-state index >= 15 is 0 Å². The molecule has 5 heteroatoms. The molecule has 2 aliphatic rings. The Balaban J connectivity index is 1.64. The number of hydrogen-bond acceptors (Lipinski definition) is 5. The molecule has 5 nitrogen and oxygen atoms in total. The largest absolute Gasteiger partial charge is 0.493 e. The third-order valence-electron chi connectivity index (χ3n) is 5.43. The number of nitrogens with zero attached hydrogens (tertiary/aromatic N) is 2. The van der Waals surface area contributed by atoms with Crippen LogP contribution in [0.5, 0.6) is 11.5 Å². The van der Waals surface area contributed by atoms with Gasteiger partial charge in [-0.1, -0.05) is 11.2 Å². The first-order valence-corrected chi connectivity index (χ1v) is 8.31. The average molecular weight is 318 g/mol. The van der Waals surface area contributed by atoms with E-state index in [0.717, 1.165) is 30.2 Å². The molecule has 1 aromatic carbocycles. The molecule has 1 N–H and O–H groups in total. The van der Waals surface area contributed by atoms with Crippen molar-refractivity contribution in [2.75, 3.05) is 27.8 Å². The van der Waals surface area contributed by atoms with Crippen molar-refractivity contribution in [2.24, 2.45) is 17.0 Å². The van der Waals surface area contributed by atoms with Gasteiger partial charge in [-0.05, 0) is 56.3 Å². The van der Waals surface area contributed by atoms with E-state index in [1.54, 1.807) is 14.2 Å². The zero-order chi connectivity index (χ0) is 16.4. The van der Waals surface area contributed by atoms with Crippen LogP contribution >= 0.6 is 0 Å². The minimum atomic E-state index is 0.305. The fourth-order valence-electron chi connectivity index (χ4n) is 4.26. The van der Waals surface area contributed by atoms with Crippen LogP contribution in [0.15, 0.2) is 23.4 Å². The first-order valence-electron chi connectivity index (χ1n) is 8.31. The second-order valence-electron chi connectivity index (χ2n) is 6.66. The van der Waals surface area contributed by atoms with Crippen molar-refractivity contribution in [2.45, 2.75) is 31.7 Å². The highest BCUT2D eigenvalue weighted by Crippen LogP contribution is 2.44. The Morgan fingerprint density at radius 1 is 1.22 bits per heavy atom. The number of ether oxygens (including phenoxy) is 2. The quantitative estimate of drug-likeness (QED) is 0.647. The van der Waals surface area contributed by atoms with Crippen molar-refractivity contribution in [1.29, 1.82) is 0 Å². The maximum atomic E-state index is 9.35. The van der Waals surface area contributed by atoms with E-state index in [1.165, 1.54) is 24.8 Å². The molecule has 0 aromatic heterocycles. The van der Waals surface area contributed by atoms with E-state index < -0.39 is 0 Å². The predicted octanol–water partition coefficient (Wildman–Crippen LogP) is 2.81. The summed E-state index contributed by atoms with van der Waals surface area (Å²) >= 11 is 0. The highest BCUT2D eigenvalue weighted by atomic mass is 16.5. The molecule has 23 heavy (non-hydrogen) atoms. The zero-order valence-corrected chi connectivity index (χ0v) is 14.2.